The number of hydrogen-bond acceptors (Lipinski definition) is 4. The summed E-state index contributed by atoms with van der Waals surface area (Å²) >= 11 is 1.81. The Kier molecular flexibility index (Phi) is 4.46. The lowest BCUT2D eigenvalue weighted by Gasteiger charge is -2.04. The van der Waals surface area contributed by atoms with Crippen LogP contribution in [0, 0.1) is 0 Å². The van der Waals surface area contributed by atoms with Crippen LogP contribution in [0.25, 0.3) is 0 Å². The smallest absolute Gasteiger partial charge is 0.137 e. The summed E-state index contributed by atoms with van der Waals surface area (Å²) in [6.45, 7) is 0.945. The second-order valence-electron chi connectivity index (χ2n) is 2.50. The molecule has 0 saturated heterocycles. The minimum atomic E-state index is 0.787. The van der Waals surface area contributed by atoms with E-state index in [0.717, 1.165) is 23.9 Å². The van der Waals surface area contributed by atoms with E-state index in [1.807, 2.05) is 23.9 Å². The lowest BCUT2D eigenvalue weighted by Crippen LogP contribution is -2.04. The highest BCUT2D eigenvalue weighted by Gasteiger charge is 1.93. The van der Waals surface area contributed by atoms with Crippen molar-refractivity contribution in [3.05, 3.63) is 18.3 Å². The van der Waals surface area contributed by atoms with Gasteiger partial charge in [0.25, 0.3) is 0 Å². The van der Waals surface area contributed by atoms with Gasteiger partial charge < -0.3 is 10.1 Å². The molecule has 0 saturated carbocycles. The fourth-order valence-electron chi connectivity index (χ4n) is 0.887. The van der Waals surface area contributed by atoms with Crippen molar-refractivity contribution in [2.75, 3.05) is 31.0 Å². The number of nitrogens with one attached hydrogen (secondary N) is 1. The Morgan fingerprint density at radius 3 is 2.92 bits per heavy atom. The lowest BCUT2D eigenvalue weighted by molar-refractivity contribution is 0.413. The molecule has 1 aromatic rings. The molecule has 0 fully saturated rings. The van der Waals surface area contributed by atoms with Gasteiger partial charge in [0.15, 0.2) is 0 Å². The van der Waals surface area contributed by atoms with Gasteiger partial charge in [-0.05, 0) is 18.4 Å². The van der Waals surface area contributed by atoms with Crippen LogP contribution < -0.4 is 10.1 Å². The molecule has 0 aliphatic carbocycles. The molecule has 0 bridgehead atoms. The number of nitrogens with zero attached hydrogens (tertiary/aromatic N) is 1. The average molecular weight is 198 g/mol. The number of pyridine rings is 1. The minimum absolute atomic E-state index is 0.787. The Bertz CT molecular complexity index is 238. The summed E-state index contributed by atoms with van der Waals surface area (Å²) in [4.78, 5) is 4.18. The van der Waals surface area contributed by atoms with E-state index in [2.05, 4.69) is 16.6 Å². The summed E-state index contributed by atoms with van der Waals surface area (Å²) in [6, 6.07) is 3.81. The number of hydrogen-bond donors (Lipinski definition) is 1. The zero-order valence-corrected chi connectivity index (χ0v) is 8.73. The van der Waals surface area contributed by atoms with Crippen LogP contribution in [-0.2, 0) is 0 Å². The van der Waals surface area contributed by atoms with E-state index in [4.69, 9.17) is 4.74 Å². The lowest BCUT2D eigenvalue weighted by atomic mass is 10.4. The topological polar surface area (TPSA) is 34.1 Å². The van der Waals surface area contributed by atoms with Crippen LogP contribution >= 0.6 is 11.8 Å². The molecular weight excluding hydrogens is 184 g/mol. The Balaban J connectivity index is 2.40. The molecule has 1 rings (SSSR count). The standard InChI is InChI=1S/C9H14N2OS/c1-12-8-3-4-9(11-7-8)10-5-6-13-2/h3-4,7H,5-6H2,1-2H3,(H,10,11). The molecular formula is C9H14N2OS. The first kappa shape index (κ1) is 10.2. The normalized spacial score (nSPS) is 9.69. The van der Waals surface area contributed by atoms with E-state index in [9.17, 15) is 0 Å². The average Bonchev–Trinajstić information content (AvgIpc) is 2.19. The monoisotopic (exact) mass is 198 g/mol. The van der Waals surface area contributed by atoms with Crippen molar-refractivity contribution in [1.29, 1.82) is 0 Å². The van der Waals surface area contributed by atoms with E-state index in [-0.39, 0.29) is 0 Å². The van der Waals surface area contributed by atoms with Crippen molar-refractivity contribution >= 4 is 17.6 Å². The number of aromatic nitrogens is 1. The number of anilines is 1. The Morgan fingerprint density at radius 1 is 1.54 bits per heavy atom. The molecule has 4 heteroatoms. The quantitative estimate of drug-likeness (QED) is 0.732. The summed E-state index contributed by atoms with van der Waals surface area (Å²) in [5.41, 5.74) is 0. The zero-order chi connectivity index (χ0) is 9.52. The molecule has 1 N–H and O–H groups in total. The second-order valence-corrected chi connectivity index (χ2v) is 3.49. The molecule has 0 radical (unpaired) electrons. The van der Waals surface area contributed by atoms with Crippen molar-refractivity contribution in [1.82, 2.24) is 4.98 Å². The molecule has 1 heterocycles. The van der Waals surface area contributed by atoms with Gasteiger partial charge in [-0.1, -0.05) is 0 Å². The maximum absolute atomic E-state index is 5.00. The predicted octanol–water partition coefficient (Wildman–Crippen LogP) is 1.87. The highest BCUT2D eigenvalue weighted by Crippen LogP contribution is 2.10. The minimum Gasteiger partial charge on any atom is -0.495 e. The molecule has 13 heavy (non-hydrogen) atoms. The van der Waals surface area contributed by atoms with Crippen LogP contribution in [0.2, 0.25) is 0 Å². The van der Waals surface area contributed by atoms with Gasteiger partial charge in [0.2, 0.25) is 0 Å². The fraction of sp³-hybridized carbons (Fsp3) is 0.444. The van der Waals surface area contributed by atoms with Crippen LogP contribution in [0.5, 0.6) is 5.75 Å². The third-order valence-electron chi connectivity index (χ3n) is 1.58. The molecule has 0 amide bonds. The van der Waals surface area contributed by atoms with Gasteiger partial charge in [-0.3, -0.25) is 0 Å². The molecule has 3 nitrogen and oxygen atoms in total. The summed E-state index contributed by atoms with van der Waals surface area (Å²) in [6.07, 6.45) is 3.80. The van der Waals surface area contributed by atoms with Crippen LogP contribution in [0.3, 0.4) is 0 Å². The Hall–Kier alpha value is -0.900. The summed E-state index contributed by atoms with van der Waals surface area (Å²) < 4.78 is 5.00. The maximum atomic E-state index is 5.00. The predicted molar refractivity (Wildman–Crippen MR) is 57.7 cm³/mol. The molecule has 72 valence electrons. The van der Waals surface area contributed by atoms with Crippen LogP contribution in [0.1, 0.15) is 0 Å². The molecule has 0 aliphatic heterocycles. The number of thioether (sulfide) groups is 1. The summed E-state index contributed by atoms with van der Waals surface area (Å²) in [7, 11) is 1.64. The van der Waals surface area contributed by atoms with Gasteiger partial charge >= 0.3 is 0 Å². The van der Waals surface area contributed by atoms with Crippen molar-refractivity contribution in [3.63, 3.8) is 0 Å². The highest BCUT2D eigenvalue weighted by atomic mass is 32.2. The third-order valence-corrected chi connectivity index (χ3v) is 2.20. The maximum Gasteiger partial charge on any atom is 0.137 e. The second kappa shape index (κ2) is 5.70. The van der Waals surface area contributed by atoms with Crippen molar-refractivity contribution < 1.29 is 4.74 Å². The Labute approximate surface area is 82.9 Å². The van der Waals surface area contributed by atoms with Gasteiger partial charge in [0.1, 0.15) is 11.6 Å². The first-order valence-corrected chi connectivity index (χ1v) is 5.49. The first-order chi connectivity index (χ1) is 6.36. The first-order valence-electron chi connectivity index (χ1n) is 4.09. The van der Waals surface area contributed by atoms with Gasteiger partial charge in [-0.15, -0.1) is 0 Å². The van der Waals surface area contributed by atoms with Gasteiger partial charge in [0, 0.05) is 12.3 Å². The van der Waals surface area contributed by atoms with E-state index in [1.165, 1.54) is 0 Å². The third kappa shape index (κ3) is 3.55. The number of rotatable bonds is 5. The molecule has 0 spiro atoms. The van der Waals surface area contributed by atoms with Crippen LogP contribution in [0.4, 0.5) is 5.82 Å². The fourth-order valence-corrected chi connectivity index (χ4v) is 1.19. The molecule has 0 atom stereocenters. The molecule has 0 aromatic carbocycles. The van der Waals surface area contributed by atoms with Crippen molar-refractivity contribution in [3.8, 4) is 5.75 Å². The number of methoxy groups -OCH3 is 1. The van der Waals surface area contributed by atoms with Gasteiger partial charge in [0.05, 0.1) is 13.3 Å². The molecule has 0 aliphatic rings. The summed E-state index contributed by atoms with van der Waals surface area (Å²) in [5, 5.41) is 3.21. The molecule has 0 unspecified atom stereocenters. The van der Waals surface area contributed by atoms with Crippen LogP contribution in [0.15, 0.2) is 18.3 Å². The molecule has 1 aromatic heterocycles. The van der Waals surface area contributed by atoms with E-state index < -0.39 is 0 Å². The van der Waals surface area contributed by atoms with Gasteiger partial charge in [-0.2, -0.15) is 11.8 Å². The SMILES string of the molecule is COc1ccc(NCCSC)nc1. The summed E-state index contributed by atoms with van der Waals surface area (Å²) in [5.74, 6) is 2.78. The largest absolute Gasteiger partial charge is 0.495 e. The zero-order valence-electron chi connectivity index (χ0n) is 7.91. The van der Waals surface area contributed by atoms with Crippen molar-refractivity contribution in [2.24, 2.45) is 0 Å². The highest BCUT2D eigenvalue weighted by molar-refractivity contribution is 7.98. The van der Waals surface area contributed by atoms with Gasteiger partial charge in [-0.25, -0.2) is 4.98 Å². The van der Waals surface area contributed by atoms with Crippen molar-refractivity contribution in [2.45, 2.75) is 0 Å². The van der Waals surface area contributed by atoms with E-state index >= 15 is 0 Å². The van der Waals surface area contributed by atoms with E-state index in [0.29, 0.717) is 0 Å². The number of ether oxygens (including phenoxy) is 1. The van der Waals surface area contributed by atoms with Crippen LogP contribution in [-0.4, -0.2) is 30.6 Å². The van der Waals surface area contributed by atoms with E-state index in [1.54, 1.807) is 13.3 Å². The Morgan fingerprint density at radius 2 is 2.38 bits per heavy atom.